The van der Waals surface area contributed by atoms with Crippen LogP contribution in [0.15, 0.2) is 71.1 Å². The maximum Gasteiger partial charge on any atom is 0.255 e. The fraction of sp³-hybridized carbons (Fsp3) is 0.0870. The van der Waals surface area contributed by atoms with Crippen LogP contribution in [0.3, 0.4) is 0 Å². The standard InChI is InChI=1S/C23H18FNO3/c1-25-23(27)21-19-12-17(16-4-2-3-14(11-16)13-26)7-10-20(19)28-22(21)15-5-8-18(24)9-6-15/h2-12,26H,13H2,1H3,(H,25,27). The second-order valence-corrected chi connectivity index (χ2v) is 6.46. The minimum absolute atomic E-state index is 0.0417. The molecule has 0 fully saturated rings. The lowest BCUT2D eigenvalue weighted by Crippen LogP contribution is -2.18. The molecule has 4 nitrogen and oxygen atoms in total. The Hall–Kier alpha value is -3.44. The summed E-state index contributed by atoms with van der Waals surface area (Å²) in [4.78, 5) is 12.6. The number of aliphatic hydroxyl groups excluding tert-OH is 1. The van der Waals surface area contributed by atoms with Crippen LogP contribution in [-0.4, -0.2) is 18.1 Å². The molecule has 1 aromatic heterocycles. The fourth-order valence-corrected chi connectivity index (χ4v) is 3.28. The van der Waals surface area contributed by atoms with Gasteiger partial charge in [-0.3, -0.25) is 4.79 Å². The van der Waals surface area contributed by atoms with Crippen LogP contribution in [0.4, 0.5) is 4.39 Å². The first kappa shape index (κ1) is 17.9. The van der Waals surface area contributed by atoms with Gasteiger partial charge in [-0.1, -0.05) is 24.3 Å². The Morgan fingerprint density at radius 2 is 1.71 bits per heavy atom. The van der Waals surface area contributed by atoms with Crippen LogP contribution < -0.4 is 5.32 Å². The number of benzene rings is 3. The van der Waals surface area contributed by atoms with Gasteiger partial charge in [0.25, 0.3) is 5.91 Å². The smallest absolute Gasteiger partial charge is 0.255 e. The van der Waals surface area contributed by atoms with E-state index in [-0.39, 0.29) is 18.3 Å². The molecule has 3 aromatic carbocycles. The first-order valence-corrected chi connectivity index (χ1v) is 8.85. The number of carbonyl (C=O) groups is 1. The zero-order valence-electron chi connectivity index (χ0n) is 15.2. The second kappa shape index (κ2) is 7.29. The molecule has 0 unspecified atom stereocenters. The van der Waals surface area contributed by atoms with Crippen molar-refractivity contribution in [2.45, 2.75) is 6.61 Å². The van der Waals surface area contributed by atoms with Crippen molar-refractivity contribution in [2.24, 2.45) is 0 Å². The Labute approximate surface area is 161 Å². The van der Waals surface area contributed by atoms with E-state index >= 15 is 0 Å². The van der Waals surface area contributed by atoms with Crippen molar-refractivity contribution in [2.75, 3.05) is 7.05 Å². The number of carbonyl (C=O) groups excluding carboxylic acids is 1. The quantitative estimate of drug-likeness (QED) is 0.541. The SMILES string of the molecule is CNC(=O)c1c(-c2ccc(F)cc2)oc2ccc(-c3cccc(CO)c3)cc12. The Morgan fingerprint density at radius 1 is 1.00 bits per heavy atom. The van der Waals surface area contributed by atoms with Gasteiger partial charge in [-0.15, -0.1) is 0 Å². The highest BCUT2D eigenvalue weighted by Crippen LogP contribution is 2.36. The average molecular weight is 375 g/mol. The van der Waals surface area contributed by atoms with Crippen LogP contribution >= 0.6 is 0 Å². The number of hydrogen-bond acceptors (Lipinski definition) is 3. The van der Waals surface area contributed by atoms with E-state index < -0.39 is 0 Å². The van der Waals surface area contributed by atoms with Crippen molar-refractivity contribution in [3.63, 3.8) is 0 Å². The number of amides is 1. The van der Waals surface area contributed by atoms with E-state index in [1.54, 1.807) is 19.2 Å². The number of rotatable bonds is 4. The summed E-state index contributed by atoms with van der Waals surface area (Å²) in [5, 5.41) is 12.7. The lowest BCUT2D eigenvalue weighted by molar-refractivity contribution is 0.0964. The van der Waals surface area contributed by atoms with E-state index in [9.17, 15) is 14.3 Å². The predicted octanol–water partition coefficient (Wildman–Crippen LogP) is 4.76. The van der Waals surface area contributed by atoms with Gasteiger partial charge in [-0.25, -0.2) is 4.39 Å². The van der Waals surface area contributed by atoms with Crippen LogP contribution in [0, 0.1) is 5.82 Å². The Bertz CT molecular complexity index is 1160. The Kier molecular flexibility index (Phi) is 4.67. The lowest BCUT2D eigenvalue weighted by atomic mass is 9.99. The third-order valence-corrected chi connectivity index (χ3v) is 4.69. The summed E-state index contributed by atoms with van der Waals surface area (Å²) in [6.07, 6.45) is 0. The van der Waals surface area contributed by atoms with Crippen molar-refractivity contribution in [1.29, 1.82) is 0 Å². The summed E-state index contributed by atoms with van der Waals surface area (Å²) in [6.45, 7) is -0.0417. The molecule has 0 atom stereocenters. The van der Waals surface area contributed by atoms with E-state index in [4.69, 9.17) is 4.42 Å². The highest BCUT2D eigenvalue weighted by Gasteiger charge is 2.22. The molecule has 0 aliphatic rings. The number of furan rings is 1. The van der Waals surface area contributed by atoms with Crippen LogP contribution in [0.1, 0.15) is 15.9 Å². The van der Waals surface area contributed by atoms with Gasteiger partial charge in [0.15, 0.2) is 0 Å². The summed E-state index contributed by atoms with van der Waals surface area (Å²) < 4.78 is 19.3. The van der Waals surface area contributed by atoms with Crippen LogP contribution in [0.2, 0.25) is 0 Å². The number of aliphatic hydroxyl groups is 1. The normalized spacial score (nSPS) is 11.0. The Morgan fingerprint density at radius 3 is 2.43 bits per heavy atom. The van der Waals surface area contributed by atoms with Gasteiger partial charge in [-0.2, -0.15) is 0 Å². The third kappa shape index (κ3) is 3.17. The molecule has 1 heterocycles. The Balaban J connectivity index is 1.92. The number of nitrogens with one attached hydrogen (secondary N) is 1. The molecule has 140 valence electrons. The monoisotopic (exact) mass is 375 g/mol. The number of halogens is 1. The van der Waals surface area contributed by atoms with Crippen molar-refractivity contribution < 1.29 is 18.7 Å². The number of fused-ring (bicyclic) bond motifs is 1. The summed E-state index contributed by atoms with van der Waals surface area (Å²) in [7, 11) is 1.56. The first-order valence-electron chi connectivity index (χ1n) is 8.85. The van der Waals surface area contributed by atoms with Crippen LogP contribution in [0.5, 0.6) is 0 Å². The summed E-state index contributed by atoms with van der Waals surface area (Å²) in [6, 6.07) is 19.0. The molecule has 0 radical (unpaired) electrons. The molecule has 1 amide bonds. The zero-order valence-corrected chi connectivity index (χ0v) is 15.2. The van der Waals surface area contributed by atoms with E-state index in [0.29, 0.717) is 27.9 Å². The maximum atomic E-state index is 13.3. The summed E-state index contributed by atoms with van der Waals surface area (Å²) >= 11 is 0. The van der Waals surface area contributed by atoms with Gasteiger partial charge in [-0.05, 0) is 59.2 Å². The molecule has 0 aliphatic carbocycles. The second-order valence-electron chi connectivity index (χ2n) is 6.46. The molecule has 4 rings (SSSR count). The van der Waals surface area contributed by atoms with E-state index in [1.807, 2.05) is 42.5 Å². The lowest BCUT2D eigenvalue weighted by Gasteiger charge is -2.05. The largest absolute Gasteiger partial charge is 0.455 e. The maximum absolute atomic E-state index is 13.3. The van der Waals surface area contributed by atoms with Gasteiger partial charge in [0.05, 0.1) is 12.2 Å². The molecule has 28 heavy (non-hydrogen) atoms. The van der Waals surface area contributed by atoms with Gasteiger partial charge >= 0.3 is 0 Å². The van der Waals surface area contributed by atoms with Gasteiger partial charge in [0, 0.05) is 18.0 Å². The van der Waals surface area contributed by atoms with Crippen molar-refractivity contribution in [3.05, 3.63) is 83.7 Å². The van der Waals surface area contributed by atoms with Gasteiger partial charge < -0.3 is 14.8 Å². The zero-order chi connectivity index (χ0) is 19.7. The van der Waals surface area contributed by atoms with Gasteiger partial charge in [0.1, 0.15) is 17.2 Å². The molecule has 4 aromatic rings. The van der Waals surface area contributed by atoms with Crippen molar-refractivity contribution in [3.8, 4) is 22.5 Å². The number of hydrogen-bond donors (Lipinski definition) is 2. The molecule has 5 heteroatoms. The van der Waals surface area contributed by atoms with Crippen molar-refractivity contribution >= 4 is 16.9 Å². The molecular weight excluding hydrogens is 357 g/mol. The van der Waals surface area contributed by atoms with E-state index in [2.05, 4.69) is 5.32 Å². The van der Waals surface area contributed by atoms with Gasteiger partial charge in [0.2, 0.25) is 0 Å². The van der Waals surface area contributed by atoms with Crippen LogP contribution in [-0.2, 0) is 6.61 Å². The summed E-state index contributed by atoms with van der Waals surface area (Å²) in [5.74, 6) is -0.234. The van der Waals surface area contributed by atoms with Crippen molar-refractivity contribution in [1.82, 2.24) is 5.32 Å². The van der Waals surface area contributed by atoms with E-state index in [1.165, 1.54) is 12.1 Å². The minimum Gasteiger partial charge on any atom is -0.455 e. The topological polar surface area (TPSA) is 62.5 Å². The molecule has 0 saturated carbocycles. The summed E-state index contributed by atoms with van der Waals surface area (Å²) in [5.41, 5.74) is 4.24. The third-order valence-electron chi connectivity index (χ3n) is 4.69. The average Bonchev–Trinajstić information content (AvgIpc) is 3.12. The fourth-order valence-electron chi connectivity index (χ4n) is 3.28. The molecule has 0 bridgehead atoms. The molecule has 0 aliphatic heterocycles. The molecule has 2 N–H and O–H groups in total. The molecular formula is C23H18FNO3. The molecule has 0 spiro atoms. The molecule has 0 saturated heterocycles. The highest BCUT2D eigenvalue weighted by molar-refractivity contribution is 6.11. The predicted molar refractivity (Wildman–Crippen MR) is 106 cm³/mol. The van der Waals surface area contributed by atoms with Crippen LogP contribution in [0.25, 0.3) is 33.4 Å². The highest BCUT2D eigenvalue weighted by atomic mass is 19.1. The first-order chi connectivity index (χ1) is 13.6. The van der Waals surface area contributed by atoms with E-state index in [0.717, 1.165) is 16.7 Å². The minimum atomic E-state index is -0.354.